The number of rotatable bonds is 1. The molecule has 3 heteroatoms. The number of aromatic nitrogens is 2. The number of hydrogen-bond acceptors (Lipinski definition) is 3. The zero-order valence-corrected chi connectivity index (χ0v) is 7.46. The molecule has 0 aromatic carbocycles. The largest absolute Gasteiger partial charge is 0.428 e. The maximum absolute atomic E-state index is 5.10. The lowest BCUT2D eigenvalue weighted by Gasteiger charge is -2.23. The van der Waals surface area contributed by atoms with Crippen LogP contribution in [0.2, 0.25) is 0 Å². The van der Waals surface area contributed by atoms with Gasteiger partial charge in [0.15, 0.2) is 0 Å². The smallest absolute Gasteiger partial charge is 0.219 e. The first-order valence-corrected chi connectivity index (χ1v) is 3.78. The minimum absolute atomic E-state index is 0.187. The van der Waals surface area contributed by atoms with Crippen LogP contribution in [0.1, 0.15) is 39.5 Å². The van der Waals surface area contributed by atoms with E-state index in [9.17, 15) is 0 Å². The van der Waals surface area contributed by atoms with E-state index in [1.165, 1.54) is 6.39 Å². The van der Waals surface area contributed by atoms with Crippen LogP contribution in [-0.4, -0.2) is 10.2 Å². The second kappa shape index (κ2) is 2.64. The highest BCUT2D eigenvalue weighted by Gasteiger charge is 2.25. The van der Waals surface area contributed by atoms with E-state index in [0.717, 1.165) is 5.89 Å². The van der Waals surface area contributed by atoms with Crippen LogP contribution in [-0.2, 0) is 0 Å². The first-order chi connectivity index (χ1) is 5.02. The van der Waals surface area contributed by atoms with Crippen molar-refractivity contribution in [1.82, 2.24) is 10.2 Å². The third kappa shape index (κ3) is 1.79. The quantitative estimate of drug-likeness (QED) is 0.622. The Bertz CT molecular complexity index is 210. The Morgan fingerprint density at radius 3 is 2.45 bits per heavy atom. The minimum atomic E-state index is 0.187. The summed E-state index contributed by atoms with van der Waals surface area (Å²) in [7, 11) is 0. The van der Waals surface area contributed by atoms with Crippen molar-refractivity contribution in [2.45, 2.75) is 33.6 Å². The zero-order valence-electron chi connectivity index (χ0n) is 7.46. The summed E-state index contributed by atoms with van der Waals surface area (Å²) in [6, 6.07) is 0. The van der Waals surface area contributed by atoms with E-state index in [4.69, 9.17) is 4.42 Å². The van der Waals surface area contributed by atoms with Gasteiger partial charge in [-0.2, -0.15) is 0 Å². The summed E-state index contributed by atoms with van der Waals surface area (Å²) < 4.78 is 5.10. The summed E-state index contributed by atoms with van der Waals surface area (Å²) in [6.45, 7) is 8.55. The molecule has 0 fully saturated rings. The molecule has 62 valence electrons. The predicted octanol–water partition coefficient (Wildman–Crippen LogP) is 2.22. The van der Waals surface area contributed by atoms with Crippen LogP contribution in [0, 0.1) is 5.41 Å². The summed E-state index contributed by atoms with van der Waals surface area (Å²) in [5, 5.41) is 7.51. The standard InChI is InChI=1S/C8H14N2O/c1-6(8(2,3)4)7-10-9-5-11-7/h5-6H,1-4H3/t6-/m1/s1. The molecule has 1 rings (SSSR count). The van der Waals surface area contributed by atoms with Crippen molar-refractivity contribution in [3.63, 3.8) is 0 Å². The summed E-state index contributed by atoms with van der Waals surface area (Å²) in [4.78, 5) is 0. The Labute approximate surface area is 66.8 Å². The van der Waals surface area contributed by atoms with Gasteiger partial charge >= 0.3 is 0 Å². The molecule has 1 aromatic rings. The lowest BCUT2D eigenvalue weighted by Crippen LogP contribution is -2.15. The SMILES string of the molecule is C[C@H](c1nnco1)C(C)(C)C. The van der Waals surface area contributed by atoms with E-state index in [0.29, 0.717) is 5.92 Å². The maximum Gasteiger partial charge on any atom is 0.219 e. The molecule has 3 nitrogen and oxygen atoms in total. The summed E-state index contributed by atoms with van der Waals surface area (Å²) in [5.41, 5.74) is 0.187. The normalized spacial score (nSPS) is 14.9. The molecule has 11 heavy (non-hydrogen) atoms. The molecule has 0 aliphatic rings. The maximum atomic E-state index is 5.10. The molecule has 0 amide bonds. The second-order valence-corrected chi connectivity index (χ2v) is 3.86. The van der Waals surface area contributed by atoms with Crippen molar-refractivity contribution in [1.29, 1.82) is 0 Å². The third-order valence-corrected chi connectivity index (χ3v) is 2.05. The van der Waals surface area contributed by atoms with Gasteiger partial charge in [0, 0.05) is 5.92 Å². The molecule has 0 saturated heterocycles. The molecule has 0 spiro atoms. The van der Waals surface area contributed by atoms with Gasteiger partial charge in [-0.1, -0.05) is 27.7 Å². The van der Waals surface area contributed by atoms with Crippen LogP contribution in [0.15, 0.2) is 10.8 Å². The third-order valence-electron chi connectivity index (χ3n) is 2.05. The molecular weight excluding hydrogens is 140 g/mol. The number of hydrogen-bond donors (Lipinski definition) is 0. The average Bonchev–Trinajstić information content (AvgIpc) is 2.34. The van der Waals surface area contributed by atoms with Crippen molar-refractivity contribution in [3.05, 3.63) is 12.3 Å². The van der Waals surface area contributed by atoms with E-state index >= 15 is 0 Å². The fraction of sp³-hybridized carbons (Fsp3) is 0.750. The van der Waals surface area contributed by atoms with E-state index in [2.05, 4.69) is 37.9 Å². The Morgan fingerprint density at radius 1 is 1.45 bits per heavy atom. The van der Waals surface area contributed by atoms with E-state index in [1.807, 2.05) is 0 Å². The molecule has 0 unspecified atom stereocenters. The molecular formula is C8H14N2O. The molecule has 0 aliphatic carbocycles. The van der Waals surface area contributed by atoms with E-state index in [1.54, 1.807) is 0 Å². The Hall–Kier alpha value is -0.860. The van der Waals surface area contributed by atoms with Crippen molar-refractivity contribution in [2.24, 2.45) is 5.41 Å². The van der Waals surface area contributed by atoms with Crippen LogP contribution in [0.4, 0.5) is 0 Å². The molecule has 1 heterocycles. The summed E-state index contributed by atoms with van der Waals surface area (Å²) in [6.07, 6.45) is 1.37. The lowest BCUT2D eigenvalue weighted by atomic mass is 9.82. The Kier molecular flexibility index (Phi) is 1.98. The average molecular weight is 154 g/mol. The van der Waals surface area contributed by atoms with Gasteiger partial charge in [0.1, 0.15) is 0 Å². The number of nitrogens with zero attached hydrogens (tertiary/aromatic N) is 2. The summed E-state index contributed by atoms with van der Waals surface area (Å²) in [5.74, 6) is 1.03. The van der Waals surface area contributed by atoms with Crippen LogP contribution in [0.5, 0.6) is 0 Å². The fourth-order valence-corrected chi connectivity index (χ4v) is 0.741. The van der Waals surface area contributed by atoms with Crippen molar-refractivity contribution in [3.8, 4) is 0 Å². The molecule has 0 N–H and O–H groups in total. The van der Waals surface area contributed by atoms with Gasteiger partial charge in [0.25, 0.3) is 0 Å². The lowest BCUT2D eigenvalue weighted by molar-refractivity contribution is 0.288. The summed E-state index contributed by atoms with van der Waals surface area (Å²) >= 11 is 0. The van der Waals surface area contributed by atoms with Crippen LogP contribution < -0.4 is 0 Å². The molecule has 0 bridgehead atoms. The van der Waals surface area contributed by atoms with Gasteiger partial charge in [-0.25, -0.2) is 0 Å². The van der Waals surface area contributed by atoms with Gasteiger partial charge in [-0.3, -0.25) is 0 Å². The highest BCUT2D eigenvalue weighted by molar-refractivity contribution is 4.92. The Balaban J connectivity index is 2.78. The highest BCUT2D eigenvalue weighted by atomic mass is 16.4. The molecule has 0 radical (unpaired) electrons. The topological polar surface area (TPSA) is 38.9 Å². The molecule has 0 saturated carbocycles. The van der Waals surface area contributed by atoms with E-state index < -0.39 is 0 Å². The molecule has 0 aliphatic heterocycles. The minimum Gasteiger partial charge on any atom is -0.428 e. The van der Waals surface area contributed by atoms with Crippen molar-refractivity contribution >= 4 is 0 Å². The van der Waals surface area contributed by atoms with Crippen LogP contribution in [0.3, 0.4) is 0 Å². The Morgan fingerprint density at radius 2 is 2.09 bits per heavy atom. The highest BCUT2D eigenvalue weighted by Crippen LogP contribution is 2.32. The molecule has 1 aromatic heterocycles. The van der Waals surface area contributed by atoms with Gasteiger partial charge in [0.2, 0.25) is 12.3 Å². The molecule has 1 atom stereocenters. The van der Waals surface area contributed by atoms with Crippen LogP contribution >= 0.6 is 0 Å². The van der Waals surface area contributed by atoms with Gasteiger partial charge in [-0.15, -0.1) is 10.2 Å². The monoisotopic (exact) mass is 154 g/mol. The predicted molar refractivity (Wildman–Crippen MR) is 42.2 cm³/mol. The van der Waals surface area contributed by atoms with Gasteiger partial charge in [-0.05, 0) is 5.41 Å². The fourth-order valence-electron chi connectivity index (χ4n) is 0.741. The second-order valence-electron chi connectivity index (χ2n) is 3.86. The van der Waals surface area contributed by atoms with E-state index in [-0.39, 0.29) is 5.41 Å². The first-order valence-electron chi connectivity index (χ1n) is 3.78. The first kappa shape index (κ1) is 8.24. The zero-order chi connectivity index (χ0) is 8.48. The van der Waals surface area contributed by atoms with Crippen molar-refractivity contribution in [2.75, 3.05) is 0 Å². The van der Waals surface area contributed by atoms with Crippen LogP contribution in [0.25, 0.3) is 0 Å². The van der Waals surface area contributed by atoms with Crippen molar-refractivity contribution < 1.29 is 4.42 Å². The van der Waals surface area contributed by atoms with Gasteiger partial charge in [0.05, 0.1) is 0 Å². The van der Waals surface area contributed by atoms with Gasteiger partial charge < -0.3 is 4.42 Å².